The highest BCUT2D eigenvalue weighted by molar-refractivity contribution is 7.17. The largest absolute Gasteiger partial charge is 0.491 e. The monoisotopic (exact) mass is 211 g/mol. The Morgan fingerprint density at radius 3 is 3.07 bits per heavy atom. The lowest BCUT2D eigenvalue weighted by Crippen LogP contribution is -1.99. The zero-order chi connectivity index (χ0) is 10.1. The molecule has 74 valence electrons. The molecule has 0 bridgehead atoms. The average molecular weight is 211 g/mol. The van der Waals surface area contributed by atoms with Crippen LogP contribution in [0.4, 0.5) is 10.1 Å². The van der Waals surface area contributed by atoms with Gasteiger partial charge in [0, 0.05) is 10.1 Å². The number of hydrogen-bond donors (Lipinski definition) is 1. The van der Waals surface area contributed by atoms with Crippen LogP contribution in [0.25, 0.3) is 10.1 Å². The minimum atomic E-state index is -0.414. The molecule has 2 N–H and O–H groups in total. The van der Waals surface area contributed by atoms with Crippen LogP contribution in [0, 0.1) is 5.82 Å². The Morgan fingerprint density at radius 1 is 1.57 bits per heavy atom. The number of hydrogen-bond acceptors (Lipinski definition) is 3. The Hall–Kier alpha value is -1.29. The molecule has 0 saturated heterocycles. The van der Waals surface area contributed by atoms with Gasteiger partial charge in [-0.25, -0.2) is 4.39 Å². The summed E-state index contributed by atoms with van der Waals surface area (Å²) in [6.45, 7) is 2.33. The van der Waals surface area contributed by atoms with Gasteiger partial charge in [0.25, 0.3) is 0 Å². The fourth-order valence-corrected chi connectivity index (χ4v) is 2.18. The second-order valence-corrected chi connectivity index (χ2v) is 3.81. The van der Waals surface area contributed by atoms with E-state index in [1.165, 1.54) is 17.4 Å². The number of halogens is 1. The first kappa shape index (κ1) is 9.27. The molecular formula is C10H10FNOS. The molecule has 1 aromatic carbocycles. The third-order valence-corrected chi connectivity index (χ3v) is 2.85. The number of rotatable bonds is 2. The van der Waals surface area contributed by atoms with Crippen LogP contribution in [-0.4, -0.2) is 6.61 Å². The molecule has 4 heteroatoms. The molecule has 0 aliphatic carbocycles. The third-order valence-electron chi connectivity index (χ3n) is 1.99. The minimum absolute atomic E-state index is 0.0951. The quantitative estimate of drug-likeness (QED) is 0.775. The molecule has 14 heavy (non-hydrogen) atoms. The highest BCUT2D eigenvalue weighted by Gasteiger charge is 2.12. The van der Waals surface area contributed by atoms with Gasteiger partial charge in [0.05, 0.1) is 6.61 Å². The topological polar surface area (TPSA) is 35.2 Å². The lowest BCUT2D eigenvalue weighted by molar-refractivity contribution is 0.344. The molecule has 2 rings (SSSR count). The van der Waals surface area contributed by atoms with E-state index in [0.29, 0.717) is 12.4 Å². The van der Waals surface area contributed by atoms with Crippen LogP contribution < -0.4 is 10.5 Å². The van der Waals surface area contributed by atoms with E-state index < -0.39 is 5.82 Å². The molecule has 0 spiro atoms. The molecule has 0 atom stereocenters. The highest BCUT2D eigenvalue weighted by Crippen LogP contribution is 2.36. The van der Waals surface area contributed by atoms with Crippen LogP contribution in [0.15, 0.2) is 17.5 Å². The molecule has 0 aliphatic heterocycles. The second-order valence-electron chi connectivity index (χ2n) is 2.87. The zero-order valence-electron chi connectivity index (χ0n) is 7.71. The predicted molar refractivity (Wildman–Crippen MR) is 57.4 cm³/mol. The van der Waals surface area contributed by atoms with Crippen molar-refractivity contribution in [2.24, 2.45) is 0 Å². The van der Waals surface area contributed by atoms with E-state index in [4.69, 9.17) is 10.5 Å². The molecule has 2 aromatic rings. The van der Waals surface area contributed by atoms with Gasteiger partial charge in [-0.15, -0.1) is 11.3 Å². The first-order valence-corrected chi connectivity index (χ1v) is 5.20. The fourth-order valence-electron chi connectivity index (χ4n) is 1.37. The Balaban J connectivity index is 2.73. The van der Waals surface area contributed by atoms with Crippen molar-refractivity contribution in [3.05, 3.63) is 23.3 Å². The Kier molecular flexibility index (Phi) is 2.29. The number of thiophene rings is 1. The molecular weight excluding hydrogens is 201 g/mol. The lowest BCUT2D eigenvalue weighted by Gasteiger charge is -2.08. The smallest absolute Gasteiger partial charge is 0.153 e. The van der Waals surface area contributed by atoms with Gasteiger partial charge in [0.2, 0.25) is 0 Å². The summed E-state index contributed by atoms with van der Waals surface area (Å²) in [7, 11) is 0. The maximum Gasteiger partial charge on any atom is 0.153 e. The highest BCUT2D eigenvalue weighted by atomic mass is 32.1. The van der Waals surface area contributed by atoms with Crippen molar-refractivity contribution in [3.63, 3.8) is 0 Å². The zero-order valence-corrected chi connectivity index (χ0v) is 8.53. The standard InChI is InChI=1S/C10H10FNOS/c1-2-13-10-6-3-4-14-8(6)5-7(11)9(10)12/h3-5H,2,12H2,1H3. The first-order chi connectivity index (χ1) is 6.74. The van der Waals surface area contributed by atoms with Crippen LogP contribution in [0.1, 0.15) is 6.92 Å². The second kappa shape index (κ2) is 3.46. The lowest BCUT2D eigenvalue weighted by atomic mass is 10.2. The molecule has 0 fully saturated rings. The van der Waals surface area contributed by atoms with E-state index in [2.05, 4.69) is 0 Å². The number of nitrogen functional groups attached to an aromatic ring is 1. The molecule has 0 unspecified atom stereocenters. The van der Waals surface area contributed by atoms with E-state index in [-0.39, 0.29) is 5.69 Å². The van der Waals surface area contributed by atoms with Crippen molar-refractivity contribution in [1.82, 2.24) is 0 Å². The van der Waals surface area contributed by atoms with Crippen molar-refractivity contribution >= 4 is 27.1 Å². The summed E-state index contributed by atoms with van der Waals surface area (Å²) >= 11 is 1.47. The average Bonchev–Trinajstić information content (AvgIpc) is 2.60. The Labute approximate surface area is 85.1 Å². The summed E-state index contributed by atoms with van der Waals surface area (Å²) in [5.74, 6) is 0.0483. The van der Waals surface area contributed by atoms with Crippen molar-refractivity contribution in [3.8, 4) is 5.75 Å². The van der Waals surface area contributed by atoms with Crippen molar-refractivity contribution < 1.29 is 9.13 Å². The number of benzene rings is 1. The van der Waals surface area contributed by atoms with Gasteiger partial charge < -0.3 is 10.5 Å². The van der Waals surface area contributed by atoms with Gasteiger partial charge in [-0.1, -0.05) is 0 Å². The van der Waals surface area contributed by atoms with E-state index in [1.54, 1.807) is 0 Å². The number of ether oxygens (including phenoxy) is 1. The first-order valence-electron chi connectivity index (χ1n) is 4.32. The predicted octanol–water partition coefficient (Wildman–Crippen LogP) is 3.02. The van der Waals surface area contributed by atoms with Crippen LogP contribution >= 0.6 is 11.3 Å². The van der Waals surface area contributed by atoms with Crippen LogP contribution in [-0.2, 0) is 0 Å². The molecule has 0 amide bonds. The minimum Gasteiger partial charge on any atom is -0.491 e. The SMILES string of the molecule is CCOc1c(N)c(F)cc2sccc12. The normalized spacial score (nSPS) is 10.7. The van der Waals surface area contributed by atoms with E-state index >= 15 is 0 Å². The van der Waals surface area contributed by atoms with Gasteiger partial charge in [-0.3, -0.25) is 0 Å². The van der Waals surface area contributed by atoms with Gasteiger partial charge in [-0.2, -0.15) is 0 Å². The summed E-state index contributed by atoms with van der Waals surface area (Å²) in [6, 6.07) is 3.33. The summed E-state index contributed by atoms with van der Waals surface area (Å²) in [5, 5.41) is 2.78. The summed E-state index contributed by atoms with van der Waals surface area (Å²) in [5.41, 5.74) is 5.69. The Morgan fingerprint density at radius 2 is 2.36 bits per heavy atom. The van der Waals surface area contributed by atoms with Crippen molar-refractivity contribution in [2.75, 3.05) is 12.3 Å². The maximum atomic E-state index is 13.3. The number of anilines is 1. The van der Waals surface area contributed by atoms with Crippen molar-refractivity contribution in [1.29, 1.82) is 0 Å². The summed E-state index contributed by atoms with van der Waals surface area (Å²) in [4.78, 5) is 0. The van der Waals surface area contributed by atoms with Gasteiger partial charge in [-0.05, 0) is 24.4 Å². The number of fused-ring (bicyclic) bond motifs is 1. The summed E-state index contributed by atoms with van der Waals surface area (Å²) in [6.07, 6.45) is 0. The molecule has 2 nitrogen and oxygen atoms in total. The van der Waals surface area contributed by atoms with E-state index in [0.717, 1.165) is 10.1 Å². The Bertz CT molecular complexity index is 466. The van der Waals surface area contributed by atoms with Gasteiger partial charge in [0.15, 0.2) is 11.6 Å². The van der Waals surface area contributed by atoms with Gasteiger partial charge in [0.1, 0.15) is 5.69 Å². The molecule has 0 saturated carbocycles. The fraction of sp³-hybridized carbons (Fsp3) is 0.200. The third kappa shape index (κ3) is 1.32. The van der Waals surface area contributed by atoms with Crippen molar-refractivity contribution in [2.45, 2.75) is 6.92 Å². The molecule has 1 aromatic heterocycles. The summed E-state index contributed by atoms with van der Waals surface area (Å²) < 4.78 is 19.5. The molecule has 0 aliphatic rings. The van der Waals surface area contributed by atoms with Crippen LogP contribution in [0.2, 0.25) is 0 Å². The maximum absolute atomic E-state index is 13.3. The van der Waals surface area contributed by atoms with E-state index in [1.807, 2.05) is 18.4 Å². The molecule has 1 heterocycles. The van der Waals surface area contributed by atoms with Crippen LogP contribution in [0.3, 0.4) is 0 Å². The number of nitrogens with two attached hydrogens (primary N) is 1. The molecule has 0 radical (unpaired) electrons. The van der Waals surface area contributed by atoms with Crippen LogP contribution in [0.5, 0.6) is 5.75 Å². The van der Waals surface area contributed by atoms with Gasteiger partial charge >= 0.3 is 0 Å². The van der Waals surface area contributed by atoms with E-state index in [9.17, 15) is 4.39 Å².